The van der Waals surface area contributed by atoms with Crippen molar-refractivity contribution >= 4 is 12.0 Å². The van der Waals surface area contributed by atoms with E-state index in [0.29, 0.717) is 0 Å². The van der Waals surface area contributed by atoms with Gasteiger partial charge in [-0.15, -0.1) is 0 Å². The van der Waals surface area contributed by atoms with Gasteiger partial charge in [-0.3, -0.25) is 4.90 Å². The molecule has 1 aromatic carbocycles. The van der Waals surface area contributed by atoms with Crippen molar-refractivity contribution < 1.29 is 0 Å². The molecule has 0 amide bonds. The highest BCUT2D eigenvalue weighted by atomic mass is 15.3. The molecular formula is C18H22N4. The van der Waals surface area contributed by atoms with Crippen LogP contribution in [0, 0.1) is 0 Å². The normalized spacial score (nSPS) is 16.8. The van der Waals surface area contributed by atoms with E-state index in [1.807, 2.05) is 6.07 Å². The number of hydrogen-bond donors (Lipinski definition) is 0. The first kappa shape index (κ1) is 14.7. The molecular weight excluding hydrogens is 272 g/mol. The highest BCUT2D eigenvalue weighted by Crippen LogP contribution is 2.12. The maximum Gasteiger partial charge on any atom is 0.225 e. The Morgan fingerprint density at radius 3 is 2.36 bits per heavy atom. The number of benzene rings is 1. The van der Waals surface area contributed by atoms with Crippen molar-refractivity contribution in [3.05, 3.63) is 59.9 Å². The van der Waals surface area contributed by atoms with Gasteiger partial charge in [-0.05, 0) is 18.6 Å². The fourth-order valence-electron chi connectivity index (χ4n) is 2.79. The number of aromatic nitrogens is 2. The molecule has 1 aliphatic heterocycles. The fraction of sp³-hybridized carbons (Fsp3) is 0.333. The van der Waals surface area contributed by atoms with Gasteiger partial charge in [-0.25, -0.2) is 9.97 Å². The molecule has 0 aliphatic carbocycles. The van der Waals surface area contributed by atoms with Gasteiger partial charge in [0.15, 0.2) is 0 Å². The Bertz CT molecular complexity index is 601. The molecule has 0 spiro atoms. The number of rotatable bonds is 4. The van der Waals surface area contributed by atoms with Crippen molar-refractivity contribution in [2.75, 3.05) is 37.6 Å². The maximum atomic E-state index is 4.33. The van der Waals surface area contributed by atoms with Gasteiger partial charge in [-0.2, -0.15) is 0 Å². The van der Waals surface area contributed by atoms with Crippen LogP contribution in [-0.2, 0) is 0 Å². The molecule has 2 heterocycles. The lowest BCUT2D eigenvalue weighted by atomic mass is 10.1. The highest BCUT2D eigenvalue weighted by molar-refractivity contribution is 5.52. The Labute approximate surface area is 132 Å². The third-order valence-electron chi connectivity index (χ3n) is 3.89. The molecule has 0 N–H and O–H groups in total. The van der Waals surface area contributed by atoms with Crippen molar-refractivity contribution in [1.29, 1.82) is 0 Å². The Morgan fingerprint density at radius 2 is 1.68 bits per heavy atom. The van der Waals surface area contributed by atoms with Gasteiger partial charge in [0.1, 0.15) is 0 Å². The molecule has 2 aromatic rings. The number of hydrogen-bond acceptors (Lipinski definition) is 4. The summed E-state index contributed by atoms with van der Waals surface area (Å²) in [6.45, 7) is 7.32. The lowest BCUT2D eigenvalue weighted by Gasteiger charge is -2.34. The number of piperazine rings is 1. The van der Waals surface area contributed by atoms with Gasteiger partial charge >= 0.3 is 0 Å². The lowest BCUT2D eigenvalue weighted by molar-refractivity contribution is 0.277. The Balaban J connectivity index is 1.53. The molecule has 114 valence electrons. The first-order chi connectivity index (χ1) is 10.8. The predicted molar refractivity (Wildman–Crippen MR) is 90.8 cm³/mol. The number of nitrogens with zero attached hydrogens (tertiary/aromatic N) is 4. The highest BCUT2D eigenvalue weighted by Gasteiger charge is 2.18. The van der Waals surface area contributed by atoms with Gasteiger partial charge in [0.2, 0.25) is 5.95 Å². The van der Waals surface area contributed by atoms with Gasteiger partial charge in [-0.1, -0.05) is 42.0 Å². The topological polar surface area (TPSA) is 32.3 Å². The van der Waals surface area contributed by atoms with Crippen molar-refractivity contribution in [1.82, 2.24) is 14.9 Å². The molecule has 1 aromatic heterocycles. The summed E-state index contributed by atoms with van der Waals surface area (Å²) < 4.78 is 0. The molecule has 4 nitrogen and oxygen atoms in total. The van der Waals surface area contributed by atoms with E-state index in [9.17, 15) is 0 Å². The predicted octanol–water partition coefficient (Wildman–Crippen LogP) is 2.70. The monoisotopic (exact) mass is 294 g/mol. The second kappa shape index (κ2) is 7.18. The quantitative estimate of drug-likeness (QED) is 0.868. The zero-order valence-corrected chi connectivity index (χ0v) is 13.0. The summed E-state index contributed by atoms with van der Waals surface area (Å²) in [6, 6.07) is 12.4. The molecule has 0 unspecified atom stereocenters. The largest absolute Gasteiger partial charge is 0.338 e. The summed E-state index contributed by atoms with van der Waals surface area (Å²) in [5.41, 5.74) is 2.67. The summed E-state index contributed by atoms with van der Waals surface area (Å²) in [5, 5.41) is 0. The average Bonchev–Trinajstić information content (AvgIpc) is 2.57. The van der Waals surface area contributed by atoms with Crippen LogP contribution in [0.25, 0.3) is 6.08 Å². The second-order valence-corrected chi connectivity index (χ2v) is 5.71. The molecule has 1 aliphatic rings. The molecule has 1 saturated heterocycles. The number of anilines is 1. The Kier molecular flexibility index (Phi) is 4.81. The fourth-order valence-corrected chi connectivity index (χ4v) is 2.79. The summed E-state index contributed by atoms with van der Waals surface area (Å²) in [5.74, 6) is 0.846. The van der Waals surface area contributed by atoms with Gasteiger partial charge < -0.3 is 4.90 Å². The first-order valence-electron chi connectivity index (χ1n) is 7.78. The van der Waals surface area contributed by atoms with Crippen LogP contribution in [0.15, 0.2) is 54.4 Å². The van der Waals surface area contributed by atoms with Gasteiger partial charge in [0, 0.05) is 45.1 Å². The molecule has 22 heavy (non-hydrogen) atoms. The molecule has 0 radical (unpaired) electrons. The molecule has 0 saturated carbocycles. The third-order valence-corrected chi connectivity index (χ3v) is 3.89. The van der Waals surface area contributed by atoms with Crippen LogP contribution < -0.4 is 4.90 Å². The first-order valence-corrected chi connectivity index (χ1v) is 7.78. The van der Waals surface area contributed by atoms with E-state index >= 15 is 0 Å². The van der Waals surface area contributed by atoms with Crippen molar-refractivity contribution in [3.63, 3.8) is 0 Å². The van der Waals surface area contributed by atoms with Crippen molar-refractivity contribution in [2.24, 2.45) is 0 Å². The third kappa shape index (κ3) is 3.92. The molecule has 0 atom stereocenters. The average molecular weight is 294 g/mol. The lowest BCUT2D eigenvalue weighted by Crippen LogP contribution is -2.47. The Morgan fingerprint density at radius 1 is 1.00 bits per heavy atom. The van der Waals surface area contributed by atoms with Crippen molar-refractivity contribution in [3.8, 4) is 0 Å². The summed E-state index contributed by atoms with van der Waals surface area (Å²) in [6.07, 6.45) is 5.88. The standard InChI is InChI=1S/C18H22N4/c1-16(14-17-6-3-2-4-7-17)15-21-10-12-22(13-11-21)18-19-8-5-9-20-18/h2-9,14H,10-13,15H2,1H3/b16-14-. The second-order valence-electron chi connectivity index (χ2n) is 5.71. The minimum atomic E-state index is 0.846. The SMILES string of the molecule is C/C(=C/c1ccccc1)CN1CCN(c2ncccn2)CC1. The Hall–Kier alpha value is -2.20. The molecule has 3 rings (SSSR count). The molecule has 1 fully saturated rings. The molecule has 0 bridgehead atoms. The summed E-state index contributed by atoms with van der Waals surface area (Å²) >= 11 is 0. The van der Waals surface area contributed by atoms with Crippen LogP contribution in [0.3, 0.4) is 0 Å². The van der Waals surface area contributed by atoms with Crippen molar-refractivity contribution in [2.45, 2.75) is 6.92 Å². The van der Waals surface area contributed by atoms with Gasteiger partial charge in [0.05, 0.1) is 0 Å². The van der Waals surface area contributed by atoms with Crippen LogP contribution in [0.4, 0.5) is 5.95 Å². The van der Waals surface area contributed by atoms with E-state index in [2.05, 4.69) is 63.1 Å². The van der Waals surface area contributed by atoms with E-state index in [-0.39, 0.29) is 0 Å². The van der Waals surface area contributed by atoms with Crippen LogP contribution in [-0.4, -0.2) is 47.6 Å². The van der Waals surface area contributed by atoms with Gasteiger partial charge in [0.25, 0.3) is 0 Å². The zero-order chi connectivity index (χ0) is 15.2. The zero-order valence-electron chi connectivity index (χ0n) is 13.0. The van der Waals surface area contributed by atoms with E-state index < -0.39 is 0 Å². The van der Waals surface area contributed by atoms with E-state index in [1.165, 1.54) is 11.1 Å². The maximum absolute atomic E-state index is 4.33. The molecule has 4 heteroatoms. The van der Waals surface area contributed by atoms with E-state index in [0.717, 1.165) is 38.7 Å². The van der Waals surface area contributed by atoms with Crippen LogP contribution in [0.5, 0.6) is 0 Å². The minimum absolute atomic E-state index is 0.846. The summed E-state index contributed by atoms with van der Waals surface area (Å²) in [7, 11) is 0. The minimum Gasteiger partial charge on any atom is -0.338 e. The van der Waals surface area contributed by atoms with Crippen LogP contribution in [0.2, 0.25) is 0 Å². The van der Waals surface area contributed by atoms with E-state index in [1.54, 1.807) is 12.4 Å². The summed E-state index contributed by atoms with van der Waals surface area (Å²) in [4.78, 5) is 13.4. The smallest absolute Gasteiger partial charge is 0.225 e. The van der Waals surface area contributed by atoms with Crippen LogP contribution in [0.1, 0.15) is 12.5 Å². The van der Waals surface area contributed by atoms with E-state index in [4.69, 9.17) is 0 Å². The van der Waals surface area contributed by atoms with Crippen LogP contribution >= 0.6 is 0 Å².